The fraction of sp³-hybridized carbons (Fsp3) is 0.474. The summed E-state index contributed by atoms with van der Waals surface area (Å²) in [7, 11) is 1.92. The summed E-state index contributed by atoms with van der Waals surface area (Å²) in [4.78, 5) is 40.5. The Morgan fingerprint density at radius 2 is 1.73 bits per heavy atom. The molecule has 0 radical (unpaired) electrons. The van der Waals surface area contributed by atoms with E-state index >= 15 is 0 Å². The fourth-order valence-electron chi connectivity index (χ4n) is 7.07. The quantitative estimate of drug-likeness (QED) is 0.245. The van der Waals surface area contributed by atoms with Crippen molar-refractivity contribution < 1.29 is 24.2 Å². The molecule has 2 fully saturated rings. The number of nitrogens with zero attached hydrogens (tertiary/aromatic N) is 6. The van der Waals surface area contributed by atoms with Crippen LogP contribution >= 0.6 is 0 Å². The Morgan fingerprint density at radius 3 is 2.43 bits per heavy atom. The number of rotatable bonds is 9. The van der Waals surface area contributed by atoms with Crippen molar-refractivity contribution in [3.05, 3.63) is 96.5 Å². The Labute approximate surface area is 288 Å². The number of aryl methyl sites for hydroxylation is 1. The van der Waals surface area contributed by atoms with Gasteiger partial charge in [0, 0.05) is 44.6 Å². The molecular weight excluding hydrogens is 620 g/mol. The number of carbonyl (C=O) groups excluding carboxylic acids is 2. The van der Waals surface area contributed by atoms with E-state index in [0.717, 1.165) is 36.2 Å². The highest BCUT2D eigenvalue weighted by Crippen LogP contribution is 2.41. The van der Waals surface area contributed by atoms with Crippen LogP contribution in [0.4, 0.5) is 4.79 Å². The lowest BCUT2D eigenvalue weighted by molar-refractivity contribution is -0.104. The Hall–Kier alpha value is -4.48. The minimum Gasteiger partial charge on any atom is -0.444 e. The third kappa shape index (κ3) is 7.89. The summed E-state index contributed by atoms with van der Waals surface area (Å²) in [6, 6.07) is 19.2. The number of piperazine rings is 1. The molecule has 2 amide bonds. The van der Waals surface area contributed by atoms with E-state index in [1.165, 1.54) is 0 Å². The van der Waals surface area contributed by atoms with Gasteiger partial charge in [0.2, 0.25) is 0 Å². The Bertz CT molecular complexity index is 1710. The van der Waals surface area contributed by atoms with Crippen molar-refractivity contribution in [2.24, 2.45) is 7.05 Å². The molecule has 1 aliphatic carbocycles. The Balaban J connectivity index is 1.31. The van der Waals surface area contributed by atoms with Gasteiger partial charge in [-0.25, -0.2) is 14.8 Å². The van der Waals surface area contributed by atoms with Crippen molar-refractivity contribution in [3.63, 3.8) is 0 Å². The number of hydrogen-bond acceptors (Lipinski definition) is 7. The molecule has 0 spiro atoms. The van der Waals surface area contributed by atoms with Gasteiger partial charge in [-0.1, -0.05) is 73.5 Å². The monoisotopic (exact) mass is 668 g/mol. The van der Waals surface area contributed by atoms with Crippen LogP contribution in [0.2, 0.25) is 0 Å². The van der Waals surface area contributed by atoms with E-state index in [1.54, 1.807) is 17.4 Å². The molecule has 11 nitrogen and oxygen atoms in total. The van der Waals surface area contributed by atoms with Gasteiger partial charge in [-0.15, -0.1) is 0 Å². The summed E-state index contributed by atoms with van der Waals surface area (Å²) < 4.78 is 15.7. The van der Waals surface area contributed by atoms with Crippen LogP contribution in [0.5, 0.6) is 0 Å². The van der Waals surface area contributed by atoms with Crippen LogP contribution in [-0.4, -0.2) is 89.5 Å². The van der Waals surface area contributed by atoms with Crippen molar-refractivity contribution in [2.45, 2.75) is 82.8 Å². The van der Waals surface area contributed by atoms with Crippen molar-refractivity contribution in [3.8, 4) is 11.3 Å². The fourth-order valence-corrected chi connectivity index (χ4v) is 7.07. The van der Waals surface area contributed by atoms with Crippen LogP contribution in [0.1, 0.15) is 74.4 Å². The zero-order valence-electron chi connectivity index (χ0n) is 29.0. The van der Waals surface area contributed by atoms with Gasteiger partial charge in [0.25, 0.3) is 5.91 Å². The zero-order valence-corrected chi connectivity index (χ0v) is 29.0. The van der Waals surface area contributed by atoms with Gasteiger partial charge in [-0.05, 0) is 45.6 Å². The lowest BCUT2D eigenvalue weighted by Crippen LogP contribution is -2.58. The SMILES string of the molecule is Cn1ccnc1COCC1(O)CCCCC1n1cnc(C(=O)N2CCN(C(=O)OC(C)(C)C)C[C@H]2Cc2ccccc2)c1-c1ccccc1. The van der Waals surface area contributed by atoms with Crippen LogP contribution in [0, 0.1) is 0 Å². The summed E-state index contributed by atoms with van der Waals surface area (Å²) in [6.45, 7) is 7.01. The molecule has 2 aromatic carbocycles. The molecule has 1 saturated carbocycles. The number of aliphatic hydroxyl groups is 1. The molecule has 1 aliphatic heterocycles. The first-order valence-electron chi connectivity index (χ1n) is 17.2. The average Bonchev–Trinajstić information content (AvgIpc) is 3.71. The van der Waals surface area contributed by atoms with Gasteiger partial charge >= 0.3 is 6.09 Å². The van der Waals surface area contributed by atoms with Crippen LogP contribution in [0.25, 0.3) is 11.3 Å². The van der Waals surface area contributed by atoms with Crippen molar-refractivity contribution >= 4 is 12.0 Å². The summed E-state index contributed by atoms with van der Waals surface area (Å²) in [6.07, 6.45) is 8.60. The van der Waals surface area contributed by atoms with Crippen LogP contribution in [0.15, 0.2) is 79.4 Å². The first-order chi connectivity index (χ1) is 23.5. The predicted octanol–water partition coefficient (Wildman–Crippen LogP) is 5.65. The molecule has 2 aromatic heterocycles. The van der Waals surface area contributed by atoms with E-state index in [2.05, 4.69) is 4.98 Å². The molecule has 0 bridgehead atoms. The van der Waals surface area contributed by atoms with Gasteiger partial charge in [-0.3, -0.25) is 4.79 Å². The zero-order chi connectivity index (χ0) is 34.6. The molecule has 2 unspecified atom stereocenters. The number of aromatic nitrogens is 4. The lowest BCUT2D eigenvalue weighted by Gasteiger charge is -2.42. The summed E-state index contributed by atoms with van der Waals surface area (Å²) in [5.74, 6) is 0.584. The largest absolute Gasteiger partial charge is 0.444 e. The highest BCUT2D eigenvalue weighted by atomic mass is 16.6. The smallest absolute Gasteiger partial charge is 0.410 e. The normalized spacial score (nSPS) is 21.5. The molecule has 11 heteroatoms. The number of ether oxygens (including phenoxy) is 2. The van der Waals surface area contributed by atoms with Crippen molar-refractivity contribution in [2.75, 3.05) is 26.2 Å². The van der Waals surface area contributed by atoms with Crippen LogP contribution in [0.3, 0.4) is 0 Å². The Kier molecular flexibility index (Phi) is 10.2. The second-order valence-corrected chi connectivity index (χ2v) is 14.3. The molecule has 1 saturated heterocycles. The summed E-state index contributed by atoms with van der Waals surface area (Å²) >= 11 is 0. The van der Waals surface area contributed by atoms with Gasteiger partial charge < -0.3 is 33.5 Å². The molecule has 3 atom stereocenters. The van der Waals surface area contributed by atoms with E-state index in [9.17, 15) is 14.7 Å². The van der Waals surface area contributed by atoms with Crippen molar-refractivity contribution in [1.82, 2.24) is 28.9 Å². The van der Waals surface area contributed by atoms with Gasteiger partial charge in [0.05, 0.1) is 30.7 Å². The molecule has 3 heterocycles. The van der Waals surface area contributed by atoms with E-state index in [4.69, 9.17) is 14.5 Å². The maximum absolute atomic E-state index is 14.7. The minimum absolute atomic E-state index is 0.131. The number of carbonyl (C=O) groups is 2. The van der Waals surface area contributed by atoms with Crippen molar-refractivity contribution in [1.29, 1.82) is 0 Å². The predicted molar refractivity (Wildman–Crippen MR) is 186 cm³/mol. The van der Waals surface area contributed by atoms with Gasteiger partial charge in [0.1, 0.15) is 23.6 Å². The van der Waals surface area contributed by atoms with Crippen LogP contribution in [-0.2, 0) is 29.5 Å². The second-order valence-electron chi connectivity index (χ2n) is 14.3. The molecule has 6 rings (SSSR count). The molecule has 4 aromatic rings. The number of hydrogen-bond donors (Lipinski definition) is 1. The highest BCUT2D eigenvalue weighted by Gasteiger charge is 2.43. The van der Waals surface area contributed by atoms with E-state index in [1.807, 2.05) is 109 Å². The number of imidazole rings is 2. The van der Waals surface area contributed by atoms with Gasteiger partial charge in [0.15, 0.2) is 5.69 Å². The lowest BCUT2D eigenvalue weighted by atomic mass is 9.80. The molecule has 260 valence electrons. The summed E-state index contributed by atoms with van der Waals surface area (Å²) in [5, 5.41) is 12.2. The molecule has 49 heavy (non-hydrogen) atoms. The number of benzene rings is 2. The molecule has 1 N–H and O–H groups in total. The third-order valence-corrected chi connectivity index (χ3v) is 9.55. The first-order valence-corrected chi connectivity index (χ1v) is 17.2. The molecule has 2 aliphatic rings. The van der Waals surface area contributed by atoms with E-state index < -0.39 is 11.2 Å². The summed E-state index contributed by atoms with van der Waals surface area (Å²) in [5.41, 5.74) is 1.13. The third-order valence-electron chi connectivity index (χ3n) is 9.55. The minimum atomic E-state index is -1.16. The second kappa shape index (κ2) is 14.6. The number of amides is 2. The average molecular weight is 669 g/mol. The Morgan fingerprint density at radius 1 is 1.00 bits per heavy atom. The van der Waals surface area contributed by atoms with E-state index in [0.29, 0.717) is 43.9 Å². The molecular formula is C38H48N6O5. The first kappa shape index (κ1) is 34.4. The van der Waals surface area contributed by atoms with Crippen LogP contribution < -0.4 is 0 Å². The van der Waals surface area contributed by atoms with Gasteiger partial charge in [-0.2, -0.15) is 0 Å². The maximum Gasteiger partial charge on any atom is 0.410 e. The topological polar surface area (TPSA) is 115 Å². The van der Waals surface area contributed by atoms with E-state index in [-0.39, 0.29) is 37.3 Å². The highest BCUT2D eigenvalue weighted by molar-refractivity contribution is 5.98. The maximum atomic E-state index is 14.7. The standard InChI is InChI=1S/C38H48N6O5/c1-37(2,3)49-36(46)42-21-22-43(30(24-42)23-28-13-7-5-8-14-28)35(45)33-34(29-15-9-6-10-16-29)44(27-40-33)31-17-11-12-18-38(31,47)26-48-25-32-39-19-20-41(32)4/h5-10,13-16,19-20,27,30-31,47H,11-12,17-18,21-26H2,1-4H3/t30-,31?,38?/m1/s1.